The molecule has 0 aliphatic carbocycles. The minimum Gasteiger partial charge on any atom is -0.477 e. The summed E-state index contributed by atoms with van der Waals surface area (Å²) >= 11 is 0. The summed E-state index contributed by atoms with van der Waals surface area (Å²) in [6.45, 7) is 2.01. The molecule has 0 saturated carbocycles. The van der Waals surface area contributed by atoms with Gasteiger partial charge in [0.1, 0.15) is 5.71 Å². The average molecular weight is 280 g/mol. The fourth-order valence-corrected chi connectivity index (χ4v) is 2.58. The lowest BCUT2D eigenvalue weighted by atomic mass is 10.0. The Morgan fingerprint density at radius 3 is 2.62 bits per heavy atom. The maximum Gasteiger partial charge on any atom is 0.352 e. The molecule has 0 radical (unpaired) electrons. The van der Waals surface area contributed by atoms with Gasteiger partial charge in [-0.3, -0.25) is 5.01 Å². The Labute approximate surface area is 123 Å². The molecule has 0 saturated heterocycles. The summed E-state index contributed by atoms with van der Waals surface area (Å²) in [5.41, 5.74) is 3.31. The second-order valence-electron chi connectivity index (χ2n) is 5.17. The van der Waals surface area contributed by atoms with E-state index < -0.39 is 5.97 Å². The van der Waals surface area contributed by atoms with E-state index in [-0.39, 0.29) is 11.8 Å². The second kappa shape index (κ2) is 5.40. The third-order valence-electron chi connectivity index (χ3n) is 3.61. The van der Waals surface area contributed by atoms with E-state index in [9.17, 15) is 9.90 Å². The molecule has 0 unspecified atom stereocenters. The van der Waals surface area contributed by atoms with Crippen LogP contribution in [0.5, 0.6) is 0 Å². The van der Waals surface area contributed by atoms with Crippen molar-refractivity contribution in [2.45, 2.75) is 19.4 Å². The van der Waals surface area contributed by atoms with Gasteiger partial charge in [-0.25, -0.2) is 4.79 Å². The van der Waals surface area contributed by atoms with Crippen molar-refractivity contribution in [3.05, 3.63) is 65.7 Å². The van der Waals surface area contributed by atoms with Crippen LogP contribution < -0.4 is 5.01 Å². The van der Waals surface area contributed by atoms with Gasteiger partial charge in [0.2, 0.25) is 0 Å². The number of anilines is 1. The molecular weight excluding hydrogens is 264 g/mol. The van der Waals surface area contributed by atoms with E-state index in [2.05, 4.69) is 5.10 Å². The van der Waals surface area contributed by atoms with Crippen LogP contribution in [0.1, 0.15) is 23.6 Å². The van der Waals surface area contributed by atoms with Crippen molar-refractivity contribution in [1.29, 1.82) is 0 Å². The predicted molar refractivity (Wildman–Crippen MR) is 82.5 cm³/mol. The molecule has 4 nitrogen and oxygen atoms in total. The van der Waals surface area contributed by atoms with E-state index in [0.29, 0.717) is 6.42 Å². The van der Waals surface area contributed by atoms with Crippen LogP contribution in [-0.4, -0.2) is 16.8 Å². The topological polar surface area (TPSA) is 52.9 Å². The first kappa shape index (κ1) is 13.4. The molecule has 0 spiro atoms. The number of rotatable bonds is 3. The molecule has 1 aliphatic rings. The van der Waals surface area contributed by atoms with E-state index >= 15 is 0 Å². The van der Waals surface area contributed by atoms with Crippen molar-refractivity contribution in [2.24, 2.45) is 5.10 Å². The van der Waals surface area contributed by atoms with Crippen molar-refractivity contribution < 1.29 is 9.90 Å². The molecule has 1 N–H and O–H groups in total. The molecule has 0 aromatic heterocycles. The van der Waals surface area contributed by atoms with E-state index in [1.807, 2.05) is 66.5 Å². The fraction of sp³-hybridized carbons (Fsp3) is 0.176. The molecule has 1 atom stereocenters. The highest BCUT2D eigenvalue weighted by Gasteiger charge is 2.32. The first-order chi connectivity index (χ1) is 10.1. The third-order valence-corrected chi connectivity index (χ3v) is 3.61. The molecule has 1 aliphatic heterocycles. The van der Waals surface area contributed by atoms with Crippen molar-refractivity contribution in [3.63, 3.8) is 0 Å². The summed E-state index contributed by atoms with van der Waals surface area (Å²) in [6, 6.07) is 17.8. The summed E-state index contributed by atoms with van der Waals surface area (Å²) in [5.74, 6) is -0.953. The molecule has 4 heteroatoms. The van der Waals surface area contributed by atoms with E-state index in [0.717, 1.165) is 16.8 Å². The summed E-state index contributed by atoms with van der Waals surface area (Å²) < 4.78 is 0. The lowest BCUT2D eigenvalue weighted by molar-refractivity contribution is -0.129. The fourth-order valence-electron chi connectivity index (χ4n) is 2.58. The lowest BCUT2D eigenvalue weighted by Crippen LogP contribution is -2.18. The highest BCUT2D eigenvalue weighted by atomic mass is 16.4. The summed E-state index contributed by atoms with van der Waals surface area (Å²) in [5, 5.41) is 15.4. The normalized spacial score (nSPS) is 17.7. The quantitative estimate of drug-likeness (QED) is 0.937. The van der Waals surface area contributed by atoms with Crippen LogP contribution in [0, 0.1) is 6.92 Å². The number of hydrogen-bond acceptors (Lipinski definition) is 3. The van der Waals surface area contributed by atoms with Crippen molar-refractivity contribution >= 4 is 17.4 Å². The standard InChI is InChI=1S/C17H16N2O2/c1-12-6-5-9-14(10-12)19-16(11-15(18-19)17(20)21)13-7-3-2-4-8-13/h2-10,16H,11H2,1H3,(H,20,21)/t16-/m0/s1. The summed E-state index contributed by atoms with van der Waals surface area (Å²) in [7, 11) is 0. The van der Waals surface area contributed by atoms with Crippen LogP contribution in [0.25, 0.3) is 0 Å². The Bertz CT molecular complexity index is 695. The second-order valence-corrected chi connectivity index (χ2v) is 5.17. The number of nitrogens with zero attached hydrogens (tertiary/aromatic N) is 2. The Morgan fingerprint density at radius 2 is 1.95 bits per heavy atom. The average Bonchev–Trinajstić information content (AvgIpc) is 2.93. The minimum atomic E-state index is -0.953. The lowest BCUT2D eigenvalue weighted by Gasteiger charge is -2.24. The van der Waals surface area contributed by atoms with Gasteiger partial charge >= 0.3 is 5.97 Å². The first-order valence-electron chi connectivity index (χ1n) is 6.87. The number of carboxylic acid groups (broad SMARTS) is 1. The summed E-state index contributed by atoms with van der Waals surface area (Å²) in [6.07, 6.45) is 0.410. The number of carbonyl (C=O) groups is 1. The van der Waals surface area contributed by atoms with Crippen molar-refractivity contribution in [3.8, 4) is 0 Å². The van der Waals surface area contributed by atoms with Gasteiger partial charge in [0.25, 0.3) is 0 Å². The van der Waals surface area contributed by atoms with Crippen LogP contribution >= 0.6 is 0 Å². The Morgan fingerprint density at radius 1 is 1.19 bits per heavy atom. The van der Waals surface area contributed by atoms with E-state index in [4.69, 9.17) is 0 Å². The summed E-state index contributed by atoms with van der Waals surface area (Å²) in [4.78, 5) is 11.3. The molecular formula is C17H16N2O2. The number of hydrogen-bond donors (Lipinski definition) is 1. The number of carboxylic acids is 1. The van der Waals surface area contributed by atoms with Crippen molar-refractivity contribution in [2.75, 3.05) is 5.01 Å². The van der Waals surface area contributed by atoms with Gasteiger partial charge in [-0.05, 0) is 30.2 Å². The maximum atomic E-state index is 11.3. The van der Waals surface area contributed by atoms with Crippen LogP contribution in [-0.2, 0) is 4.79 Å². The zero-order valence-corrected chi connectivity index (χ0v) is 11.7. The molecule has 0 amide bonds. The van der Waals surface area contributed by atoms with Crippen LogP contribution in [0.15, 0.2) is 59.7 Å². The zero-order chi connectivity index (χ0) is 14.8. The third kappa shape index (κ3) is 2.65. The highest BCUT2D eigenvalue weighted by Crippen LogP contribution is 2.35. The number of hydrazone groups is 1. The molecule has 3 rings (SSSR count). The monoisotopic (exact) mass is 280 g/mol. The highest BCUT2D eigenvalue weighted by molar-refractivity contribution is 6.36. The number of aryl methyl sites for hydroxylation is 1. The predicted octanol–water partition coefficient (Wildman–Crippen LogP) is 3.39. The van der Waals surface area contributed by atoms with Crippen LogP contribution in [0.3, 0.4) is 0 Å². The Balaban J connectivity index is 2.02. The molecule has 106 valence electrons. The van der Waals surface area contributed by atoms with Gasteiger partial charge in [-0.15, -0.1) is 0 Å². The number of aliphatic carboxylic acids is 1. The molecule has 21 heavy (non-hydrogen) atoms. The zero-order valence-electron chi connectivity index (χ0n) is 11.7. The molecule has 0 bridgehead atoms. The number of benzene rings is 2. The SMILES string of the molecule is Cc1cccc(N2N=C(C(=O)O)C[C@H]2c2ccccc2)c1. The molecule has 0 fully saturated rings. The molecule has 2 aromatic rings. The van der Waals surface area contributed by atoms with Gasteiger partial charge in [-0.1, -0.05) is 42.5 Å². The van der Waals surface area contributed by atoms with Gasteiger partial charge in [0.15, 0.2) is 0 Å². The maximum absolute atomic E-state index is 11.3. The first-order valence-corrected chi connectivity index (χ1v) is 6.87. The van der Waals surface area contributed by atoms with E-state index in [1.54, 1.807) is 0 Å². The van der Waals surface area contributed by atoms with Gasteiger partial charge in [-0.2, -0.15) is 5.10 Å². The molecule has 2 aromatic carbocycles. The Kier molecular flexibility index (Phi) is 3.44. The van der Waals surface area contributed by atoms with Gasteiger partial charge < -0.3 is 5.11 Å². The molecule has 1 heterocycles. The smallest absolute Gasteiger partial charge is 0.352 e. The minimum absolute atomic E-state index is 0.0703. The van der Waals surface area contributed by atoms with Crippen molar-refractivity contribution in [1.82, 2.24) is 0 Å². The van der Waals surface area contributed by atoms with Gasteiger partial charge in [0.05, 0.1) is 11.7 Å². The van der Waals surface area contributed by atoms with Gasteiger partial charge in [0, 0.05) is 6.42 Å². The van der Waals surface area contributed by atoms with Crippen LogP contribution in [0.2, 0.25) is 0 Å². The Hall–Kier alpha value is -2.62. The van der Waals surface area contributed by atoms with Crippen LogP contribution in [0.4, 0.5) is 5.69 Å². The largest absolute Gasteiger partial charge is 0.477 e. The van der Waals surface area contributed by atoms with E-state index in [1.165, 1.54) is 0 Å².